The van der Waals surface area contributed by atoms with Gasteiger partial charge in [0.05, 0.1) is 16.4 Å². The van der Waals surface area contributed by atoms with Gasteiger partial charge in [0.1, 0.15) is 0 Å². The molecule has 1 N–H and O–H groups in total. The number of nitrogens with one attached hydrogen (secondary N) is 1. The number of hydrogen-bond donors (Lipinski definition) is 1. The van der Waals surface area contributed by atoms with E-state index in [-0.39, 0.29) is 17.5 Å². The lowest BCUT2D eigenvalue weighted by Crippen LogP contribution is -2.29. The van der Waals surface area contributed by atoms with Gasteiger partial charge in [0.25, 0.3) is 0 Å². The molecule has 1 fully saturated rings. The van der Waals surface area contributed by atoms with E-state index in [4.69, 9.17) is 0 Å². The van der Waals surface area contributed by atoms with Crippen molar-refractivity contribution in [3.8, 4) is 0 Å². The third-order valence-electron chi connectivity index (χ3n) is 3.18. The molecule has 1 aliphatic rings. The summed E-state index contributed by atoms with van der Waals surface area (Å²) in [5, 5.41) is 3.18. The van der Waals surface area contributed by atoms with Crippen LogP contribution in [0.1, 0.15) is 12.0 Å². The van der Waals surface area contributed by atoms with Gasteiger partial charge < -0.3 is 5.32 Å². The minimum Gasteiger partial charge on any atom is -0.309 e. The van der Waals surface area contributed by atoms with E-state index in [2.05, 4.69) is 5.32 Å². The van der Waals surface area contributed by atoms with Crippen molar-refractivity contribution in [2.45, 2.75) is 23.9 Å². The Morgan fingerprint density at radius 1 is 1.26 bits per heavy atom. The highest BCUT2D eigenvalue weighted by atomic mass is 32.2. The molecule has 1 aromatic carbocycles. The van der Waals surface area contributed by atoms with Crippen molar-refractivity contribution in [2.75, 3.05) is 17.8 Å². The zero-order valence-corrected chi connectivity index (χ0v) is 12.3. The number of sulfone groups is 2. The summed E-state index contributed by atoms with van der Waals surface area (Å²) in [6.07, 6.45) is 1.81. The van der Waals surface area contributed by atoms with Crippen LogP contribution in [0.3, 0.4) is 0 Å². The molecule has 7 heteroatoms. The van der Waals surface area contributed by atoms with E-state index in [1.165, 1.54) is 6.26 Å². The SMILES string of the molecule is CS(=O)(=O)c1ccc(CNC2CCS(=O)(=O)C2)cc1. The van der Waals surface area contributed by atoms with Crippen LogP contribution >= 0.6 is 0 Å². The molecule has 2 rings (SSSR count). The zero-order valence-electron chi connectivity index (χ0n) is 10.7. The van der Waals surface area contributed by atoms with E-state index < -0.39 is 19.7 Å². The quantitative estimate of drug-likeness (QED) is 0.869. The standard InChI is InChI=1S/C12H17NO4S2/c1-18(14,15)12-4-2-10(3-5-12)8-13-11-6-7-19(16,17)9-11/h2-5,11,13H,6-9H2,1H3. The third kappa shape index (κ3) is 4.02. The highest BCUT2D eigenvalue weighted by Gasteiger charge is 2.27. The van der Waals surface area contributed by atoms with Gasteiger partial charge in [0, 0.05) is 18.8 Å². The predicted molar refractivity (Wildman–Crippen MR) is 73.5 cm³/mol. The Bertz CT molecular complexity index is 647. The number of benzene rings is 1. The minimum atomic E-state index is -3.17. The van der Waals surface area contributed by atoms with E-state index >= 15 is 0 Å². The second-order valence-corrected chi connectivity index (χ2v) is 9.14. The molecule has 1 unspecified atom stereocenters. The lowest BCUT2D eigenvalue weighted by Gasteiger charge is -2.10. The van der Waals surface area contributed by atoms with Gasteiger partial charge in [-0.05, 0) is 24.1 Å². The monoisotopic (exact) mass is 303 g/mol. The molecule has 0 aliphatic carbocycles. The number of rotatable bonds is 4. The van der Waals surface area contributed by atoms with Gasteiger partial charge in [-0.25, -0.2) is 16.8 Å². The third-order valence-corrected chi connectivity index (χ3v) is 6.08. The van der Waals surface area contributed by atoms with Crippen molar-refractivity contribution >= 4 is 19.7 Å². The van der Waals surface area contributed by atoms with Gasteiger partial charge in [0.2, 0.25) is 0 Å². The van der Waals surface area contributed by atoms with E-state index in [0.29, 0.717) is 17.9 Å². The Hall–Kier alpha value is -0.920. The Morgan fingerprint density at radius 3 is 2.37 bits per heavy atom. The molecule has 1 saturated heterocycles. The van der Waals surface area contributed by atoms with Gasteiger partial charge >= 0.3 is 0 Å². The van der Waals surface area contributed by atoms with Crippen LogP contribution in [-0.2, 0) is 26.2 Å². The Morgan fingerprint density at radius 2 is 1.89 bits per heavy atom. The molecule has 0 radical (unpaired) electrons. The average Bonchev–Trinajstić information content (AvgIpc) is 2.66. The summed E-state index contributed by atoms with van der Waals surface area (Å²) >= 11 is 0. The molecule has 19 heavy (non-hydrogen) atoms. The van der Waals surface area contributed by atoms with Crippen molar-refractivity contribution in [3.63, 3.8) is 0 Å². The highest BCUT2D eigenvalue weighted by Crippen LogP contribution is 2.13. The molecule has 0 aromatic heterocycles. The van der Waals surface area contributed by atoms with Gasteiger partial charge in [-0.1, -0.05) is 12.1 Å². The first-order chi connectivity index (χ1) is 8.76. The van der Waals surface area contributed by atoms with Crippen LogP contribution in [0.25, 0.3) is 0 Å². The average molecular weight is 303 g/mol. The lowest BCUT2D eigenvalue weighted by molar-refractivity contribution is 0.554. The maximum Gasteiger partial charge on any atom is 0.175 e. The van der Waals surface area contributed by atoms with Crippen LogP contribution in [0.2, 0.25) is 0 Å². The Kier molecular flexibility index (Phi) is 3.98. The molecule has 0 amide bonds. The van der Waals surface area contributed by atoms with Crippen molar-refractivity contribution in [1.82, 2.24) is 5.32 Å². The van der Waals surface area contributed by atoms with Crippen molar-refractivity contribution < 1.29 is 16.8 Å². The van der Waals surface area contributed by atoms with E-state index in [9.17, 15) is 16.8 Å². The van der Waals surface area contributed by atoms with E-state index in [0.717, 1.165) is 5.56 Å². The second-order valence-electron chi connectivity index (χ2n) is 4.90. The maximum absolute atomic E-state index is 11.3. The summed E-state index contributed by atoms with van der Waals surface area (Å²) in [4.78, 5) is 0.291. The molecule has 0 spiro atoms. The van der Waals surface area contributed by atoms with E-state index in [1.807, 2.05) is 0 Å². The molecule has 1 aliphatic heterocycles. The normalized spacial score (nSPS) is 22.5. The molecule has 1 atom stereocenters. The summed E-state index contributed by atoms with van der Waals surface area (Å²) in [6.45, 7) is 0.546. The van der Waals surface area contributed by atoms with Crippen molar-refractivity contribution in [2.24, 2.45) is 0 Å². The smallest absolute Gasteiger partial charge is 0.175 e. The first-order valence-corrected chi connectivity index (χ1v) is 9.70. The van der Waals surface area contributed by atoms with Crippen LogP contribution in [-0.4, -0.2) is 40.6 Å². The van der Waals surface area contributed by atoms with Gasteiger partial charge in [-0.2, -0.15) is 0 Å². The summed E-state index contributed by atoms with van der Waals surface area (Å²) in [5.41, 5.74) is 0.941. The predicted octanol–water partition coefficient (Wildman–Crippen LogP) is 0.367. The van der Waals surface area contributed by atoms with Gasteiger partial charge in [0.15, 0.2) is 19.7 Å². The second kappa shape index (κ2) is 5.22. The molecule has 0 bridgehead atoms. The molecular formula is C12H17NO4S2. The summed E-state index contributed by atoms with van der Waals surface area (Å²) in [7, 11) is -6.03. The fourth-order valence-corrected chi connectivity index (χ4v) is 4.41. The Balaban J connectivity index is 1.94. The topological polar surface area (TPSA) is 80.3 Å². The molecular weight excluding hydrogens is 286 g/mol. The van der Waals surface area contributed by atoms with Gasteiger partial charge in [-0.15, -0.1) is 0 Å². The van der Waals surface area contributed by atoms with Crippen LogP contribution < -0.4 is 5.32 Å². The summed E-state index contributed by atoms with van der Waals surface area (Å²) in [5.74, 6) is 0.437. The van der Waals surface area contributed by atoms with E-state index in [1.54, 1.807) is 24.3 Å². The van der Waals surface area contributed by atoms with Crippen LogP contribution in [0.5, 0.6) is 0 Å². The van der Waals surface area contributed by atoms with Crippen LogP contribution in [0.15, 0.2) is 29.2 Å². The first-order valence-electron chi connectivity index (χ1n) is 5.99. The molecule has 0 saturated carbocycles. The van der Waals surface area contributed by atoms with Crippen LogP contribution in [0.4, 0.5) is 0 Å². The summed E-state index contributed by atoms with van der Waals surface area (Å²) < 4.78 is 45.2. The fraction of sp³-hybridized carbons (Fsp3) is 0.500. The van der Waals surface area contributed by atoms with Gasteiger partial charge in [-0.3, -0.25) is 0 Å². The lowest BCUT2D eigenvalue weighted by atomic mass is 10.2. The largest absolute Gasteiger partial charge is 0.309 e. The van der Waals surface area contributed by atoms with Crippen LogP contribution in [0, 0.1) is 0 Å². The van der Waals surface area contributed by atoms with Crippen molar-refractivity contribution in [3.05, 3.63) is 29.8 Å². The molecule has 1 aromatic rings. The number of hydrogen-bond acceptors (Lipinski definition) is 5. The first kappa shape index (κ1) is 14.5. The highest BCUT2D eigenvalue weighted by molar-refractivity contribution is 7.91. The fourth-order valence-electron chi connectivity index (χ4n) is 2.07. The molecule has 1 heterocycles. The minimum absolute atomic E-state index is 0.000385. The maximum atomic E-state index is 11.3. The zero-order chi connectivity index (χ0) is 14.1. The Labute approximate surface area is 113 Å². The molecule has 106 valence electrons. The summed E-state index contributed by atoms with van der Waals surface area (Å²) in [6, 6.07) is 6.62. The molecule has 5 nitrogen and oxygen atoms in total. The van der Waals surface area contributed by atoms with Crippen molar-refractivity contribution in [1.29, 1.82) is 0 Å².